The van der Waals surface area contributed by atoms with Crippen LogP contribution in [0.2, 0.25) is 0 Å². The predicted molar refractivity (Wildman–Crippen MR) is 80.6 cm³/mol. The second-order valence-corrected chi connectivity index (χ2v) is 5.40. The molecule has 6 heteroatoms. The average molecular weight is 307 g/mol. The molecule has 1 aromatic carbocycles. The number of ether oxygens (including phenoxy) is 2. The van der Waals surface area contributed by atoms with Gasteiger partial charge in [-0.1, -0.05) is 13.0 Å². The van der Waals surface area contributed by atoms with Crippen LogP contribution < -0.4 is 9.47 Å². The second kappa shape index (κ2) is 7.08. The third-order valence-corrected chi connectivity index (χ3v) is 4.04. The molecule has 21 heavy (non-hydrogen) atoms. The number of thiazole rings is 1. The minimum atomic E-state index is -0.913. The van der Waals surface area contributed by atoms with Crippen LogP contribution in [0.3, 0.4) is 0 Å². The number of aromatic carboxylic acids is 1. The summed E-state index contributed by atoms with van der Waals surface area (Å²) in [7, 11) is 1.61. The lowest BCUT2D eigenvalue weighted by Crippen LogP contribution is -2.01. The van der Waals surface area contributed by atoms with Gasteiger partial charge < -0.3 is 14.6 Å². The average Bonchev–Trinajstić information content (AvgIpc) is 2.91. The number of methoxy groups -OCH3 is 1. The molecule has 0 bridgehead atoms. The highest BCUT2D eigenvalue weighted by molar-refractivity contribution is 7.13. The van der Waals surface area contributed by atoms with Gasteiger partial charge in [-0.05, 0) is 18.6 Å². The van der Waals surface area contributed by atoms with Crippen molar-refractivity contribution in [3.05, 3.63) is 39.8 Å². The van der Waals surface area contributed by atoms with Gasteiger partial charge in [0, 0.05) is 12.5 Å². The SMILES string of the molecule is CCc1nc(CCOc2cccc(OC)c2)sc1C(=O)O. The number of carboxylic acids is 1. The molecule has 2 rings (SSSR count). The molecule has 0 radical (unpaired) electrons. The van der Waals surface area contributed by atoms with E-state index in [1.165, 1.54) is 11.3 Å². The summed E-state index contributed by atoms with van der Waals surface area (Å²) in [6.07, 6.45) is 1.21. The maximum Gasteiger partial charge on any atom is 0.347 e. The van der Waals surface area contributed by atoms with Crippen LogP contribution >= 0.6 is 11.3 Å². The number of aryl methyl sites for hydroxylation is 1. The molecule has 0 aliphatic carbocycles. The first-order chi connectivity index (χ1) is 10.1. The van der Waals surface area contributed by atoms with Crippen LogP contribution in [0.15, 0.2) is 24.3 Å². The Bertz CT molecular complexity index is 624. The molecule has 0 saturated heterocycles. The minimum Gasteiger partial charge on any atom is -0.497 e. The lowest BCUT2D eigenvalue weighted by Gasteiger charge is -2.06. The second-order valence-electron chi connectivity index (χ2n) is 4.32. The van der Waals surface area contributed by atoms with Crippen molar-refractivity contribution in [1.29, 1.82) is 0 Å². The van der Waals surface area contributed by atoms with Gasteiger partial charge in [-0.3, -0.25) is 0 Å². The van der Waals surface area contributed by atoms with Crippen molar-refractivity contribution < 1.29 is 19.4 Å². The van der Waals surface area contributed by atoms with Gasteiger partial charge in [-0.25, -0.2) is 9.78 Å². The Hall–Kier alpha value is -2.08. The van der Waals surface area contributed by atoms with Crippen LogP contribution in [0.25, 0.3) is 0 Å². The van der Waals surface area contributed by atoms with Crippen molar-refractivity contribution in [2.45, 2.75) is 19.8 Å². The molecular formula is C15H17NO4S. The lowest BCUT2D eigenvalue weighted by molar-refractivity contribution is 0.0701. The molecule has 0 aliphatic rings. The molecule has 1 N–H and O–H groups in total. The molecule has 112 valence electrons. The zero-order chi connectivity index (χ0) is 15.2. The molecular weight excluding hydrogens is 290 g/mol. The first-order valence-corrected chi connectivity index (χ1v) is 7.44. The van der Waals surface area contributed by atoms with E-state index in [1.54, 1.807) is 7.11 Å². The Morgan fingerprint density at radius 2 is 2.14 bits per heavy atom. The van der Waals surface area contributed by atoms with Crippen LogP contribution in [0.4, 0.5) is 0 Å². The van der Waals surface area contributed by atoms with Gasteiger partial charge in [0.15, 0.2) is 0 Å². The van der Waals surface area contributed by atoms with Gasteiger partial charge in [0.2, 0.25) is 0 Å². The van der Waals surface area contributed by atoms with E-state index in [0.29, 0.717) is 30.0 Å². The fourth-order valence-corrected chi connectivity index (χ4v) is 2.83. The number of nitrogens with zero attached hydrogens (tertiary/aromatic N) is 1. The van der Waals surface area contributed by atoms with Crippen molar-refractivity contribution in [2.24, 2.45) is 0 Å². The van der Waals surface area contributed by atoms with Crippen LogP contribution in [0, 0.1) is 0 Å². The third kappa shape index (κ3) is 3.95. The molecule has 1 heterocycles. The van der Waals surface area contributed by atoms with Crippen LogP contribution in [0.1, 0.15) is 27.3 Å². The Labute approximate surface area is 127 Å². The fraction of sp³-hybridized carbons (Fsp3) is 0.333. The highest BCUT2D eigenvalue weighted by Crippen LogP contribution is 2.21. The predicted octanol–water partition coefficient (Wildman–Crippen LogP) is 3.03. The maximum absolute atomic E-state index is 11.1. The van der Waals surface area contributed by atoms with E-state index in [1.807, 2.05) is 31.2 Å². The monoisotopic (exact) mass is 307 g/mol. The number of carbonyl (C=O) groups is 1. The number of rotatable bonds is 7. The first-order valence-electron chi connectivity index (χ1n) is 6.62. The van der Waals surface area contributed by atoms with E-state index < -0.39 is 5.97 Å². The van der Waals surface area contributed by atoms with E-state index in [-0.39, 0.29) is 0 Å². The quantitative estimate of drug-likeness (QED) is 0.851. The zero-order valence-corrected chi connectivity index (χ0v) is 12.8. The van der Waals surface area contributed by atoms with E-state index in [4.69, 9.17) is 14.6 Å². The minimum absolute atomic E-state index is 0.328. The van der Waals surface area contributed by atoms with Crippen molar-refractivity contribution in [3.63, 3.8) is 0 Å². The zero-order valence-electron chi connectivity index (χ0n) is 12.0. The number of hydrogen-bond acceptors (Lipinski definition) is 5. The summed E-state index contributed by atoms with van der Waals surface area (Å²) in [6, 6.07) is 7.36. The number of benzene rings is 1. The molecule has 0 aliphatic heterocycles. The van der Waals surface area contributed by atoms with E-state index in [0.717, 1.165) is 16.5 Å². The van der Waals surface area contributed by atoms with Crippen LogP contribution in [0.5, 0.6) is 11.5 Å². The molecule has 0 fully saturated rings. The first kappa shape index (κ1) is 15.3. The molecule has 0 atom stereocenters. The summed E-state index contributed by atoms with van der Waals surface area (Å²) in [5, 5.41) is 9.88. The van der Waals surface area contributed by atoms with Gasteiger partial charge in [0.1, 0.15) is 16.4 Å². The molecule has 0 spiro atoms. The number of carboxylic acid groups (broad SMARTS) is 1. The lowest BCUT2D eigenvalue weighted by atomic mass is 10.3. The van der Waals surface area contributed by atoms with Crippen LogP contribution in [-0.4, -0.2) is 29.8 Å². The molecule has 2 aromatic rings. The van der Waals surface area contributed by atoms with Gasteiger partial charge in [-0.15, -0.1) is 11.3 Å². The van der Waals surface area contributed by atoms with Crippen molar-refractivity contribution in [1.82, 2.24) is 4.98 Å². The Morgan fingerprint density at radius 3 is 2.76 bits per heavy atom. The molecule has 1 aromatic heterocycles. The van der Waals surface area contributed by atoms with E-state index in [9.17, 15) is 4.79 Å². The van der Waals surface area contributed by atoms with Gasteiger partial charge in [-0.2, -0.15) is 0 Å². The molecule has 0 saturated carbocycles. The largest absolute Gasteiger partial charge is 0.497 e. The summed E-state index contributed by atoms with van der Waals surface area (Å²) in [4.78, 5) is 15.8. The molecule has 0 amide bonds. The van der Waals surface area contributed by atoms with E-state index in [2.05, 4.69) is 4.98 Å². The summed E-state index contributed by atoms with van der Waals surface area (Å²) in [5.74, 6) is 0.549. The number of hydrogen-bond donors (Lipinski definition) is 1. The van der Waals surface area contributed by atoms with Gasteiger partial charge in [0.05, 0.1) is 24.4 Å². The van der Waals surface area contributed by atoms with Crippen molar-refractivity contribution in [3.8, 4) is 11.5 Å². The van der Waals surface area contributed by atoms with Gasteiger partial charge in [0.25, 0.3) is 0 Å². The summed E-state index contributed by atoms with van der Waals surface area (Å²) < 4.78 is 10.8. The standard InChI is InChI=1S/C15H17NO4S/c1-3-12-14(15(17)18)21-13(16-12)7-8-20-11-6-4-5-10(9-11)19-2/h4-6,9H,3,7-8H2,1-2H3,(H,17,18). The normalized spacial score (nSPS) is 10.4. The maximum atomic E-state index is 11.1. The third-order valence-electron chi connectivity index (χ3n) is 2.90. The summed E-state index contributed by atoms with van der Waals surface area (Å²) >= 11 is 1.22. The highest BCUT2D eigenvalue weighted by Gasteiger charge is 2.15. The van der Waals surface area contributed by atoms with E-state index >= 15 is 0 Å². The summed E-state index contributed by atoms with van der Waals surface area (Å²) in [6.45, 7) is 2.35. The van der Waals surface area contributed by atoms with Crippen molar-refractivity contribution >= 4 is 17.3 Å². The summed E-state index contributed by atoms with van der Waals surface area (Å²) in [5.41, 5.74) is 0.642. The molecule has 0 unspecified atom stereocenters. The Kier molecular flexibility index (Phi) is 5.16. The number of aromatic nitrogens is 1. The highest BCUT2D eigenvalue weighted by atomic mass is 32.1. The topological polar surface area (TPSA) is 68.7 Å². The van der Waals surface area contributed by atoms with Gasteiger partial charge >= 0.3 is 5.97 Å². The fourth-order valence-electron chi connectivity index (χ4n) is 1.86. The molecule has 5 nitrogen and oxygen atoms in total. The Balaban J connectivity index is 1.95. The smallest absolute Gasteiger partial charge is 0.347 e. The van der Waals surface area contributed by atoms with Crippen LogP contribution in [-0.2, 0) is 12.8 Å². The van der Waals surface area contributed by atoms with Crippen molar-refractivity contribution in [2.75, 3.05) is 13.7 Å². The Morgan fingerprint density at radius 1 is 1.38 bits per heavy atom.